The number of rotatable bonds is 7. The van der Waals surface area contributed by atoms with Crippen LogP contribution in [0.25, 0.3) is 11.3 Å². The number of hydrogen-bond acceptors (Lipinski definition) is 4. The molecule has 7 nitrogen and oxygen atoms in total. The number of anilines is 1. The van der Waals surface area contributed by atoms with E-state index < -0.39 is 0 Å². The van der Waals surface area contributed by atoms with Gasteiger partial charge in [0.15, 0.2) is 0 Å². The minimum absolute atomic E-state index is 0.247. The Morgan fingerprint density at radius 3 is 2.38 bits per heavy atom. The Kier molecular flexibility index (Phi) is 6.29. The van der Waals surface area contributed by atoms with Gasteiger partial charge < -0.3 is 15.4 Å². The second-order valence-corrected chi connectivity index (χ2v) is 6.88. The quantitative estimate of drug-likeness (QED) is 0.537. The van der Waals surface area contributed by atoms with Gasteiger partial charge in [0, 0.05) is 23.4 Å². The maximum Gasteiger partial charge on any atom is 0.233 e. The third kappa shape index (κ3) is 5.44. The van der Waals surface area contributed by atoms with E-state index in [0.29, 0.717) is 5.69 Å². The summed E-state index contributed by atoms with van der Waals surface area (Å²) in [5.74, 6) is 0.0572. The Hall–Kier alpha value is -3.61. The largest absolute Gasteiger partial charge is 0.497 e. The highest BCUT2D eigenvalue weighted by atomic mass is 16.5. The van der Waals surface area contributed by atoms with Gasteiger partial charge in [-0.15, -0.1) is 0 Å². The van der Waals surface area contributed by atoms with Crippen molar-refractivity contribution in [1.82, 2.24) is 15.5 Å². The van der Waals surface area contributed by atoms with Gasteiger partial charge in [0.05, 0.1) is 19.0 Å². The molecule has 0 radical (unpaired) electrons. The number of methoxy groups -OCH3 is 1. The molecule has 0 atom stereocenters. The highest BCUT2D eigenvalue weighted by Crippen LogP contribution is 2.23. The van der Waals surface area contributed by atoms with E-state index in [9.17, 15) is 9.59 Å². The molecule has 0 unspecified atom stereocenters. The van der Waals surface area contributed by atoms with Crippen molar-refractivity contribution < 1.29 is 14.3 Å². The van der Waals surface area contributed by atoms with Crippen LogP contribution in [0.5, 0.6) is 5.75 Å². The Morgan fingerprint density at radius 1 is 1.03 bits per heavy atom. The minimum Gasteiger partial charge on any atom is -0.497 e. The molecule has 1 heterocycles. The summed E-state index contributed by atoms with van der Waals surface area (Å²) in [5.41, 5.74) is 5.37. The van der Waals surface area contributed by atoms with Crippen LogP contribution < -0.4 is 15.4 Å². The number of hydrogen-bond donors (Lipinski definition) is 3. The number of nitrogens with zero attached hydrogens (tertiary/aromatic N) is 1. The molecule has 2 amide bonds. The van der Waals surface area contributed by atoms with Crippen LogP contribution in [0.2, 0.25) is 0 Å². The average Bonchev–Trinajstić information content (AvgIpc) is 3.14. The van der Waals surface area contributed by atoms with Gasteiger partial charge in [0.1, 0.15) is 12.2 Å². The molecule has 0 aliphatic rings. The molecule has 7 heteroatoms. The topological polar surface area (TPSA) is 96.1 Å². The molecule has 1 aromatic heterocycles. The number of nitrogens with one attached hydrogen (secondary N) is 3. The van der Waals surface area contributed by atoms with Crippen molar-refractivity contribution >= 4 is 17.5 Å². The molecular formula is C22H24N4O3. The van der Waals surface area contributed by atoms with E-state index in [1.54, 1.807) is 13.3 Å². The SMILES string of the molecule is COc1ccc(-c2[nH]ncc2CNC(=O)CC(=O)Nc2cc(C)cc(C)c2)cc1. The van der Waals surface area contributed by atoms with Crippen molar-refractivity contribution in [2.24, 2.45) is 0 Å². The molecule has 0 saturated carbocycles. The zero-order valence-electron chi connectivity index (χ0n) is 16.7. The summed E-state index contributed by atoms with van der Waals surface area (Å²) < 4.78 is 5.17. The number of aromatic nitrogens is 2. The van der Waals surface area contributed by atoms with E-state index in [2.05, 4.69) is 20.8 Å². The highest BCUT2D eigenvalue weighted by molar-refractivity contribution is 6.03. The molecule has 0 saturated heterocycles. The summed E-state index contributed by atoms with van der Waals surface area (Å²) in [6, 6.07) is 13.3. The standard InChI is InChI=1S/C22H24N4O3/c1-14-8-15(2)10-18(9-14)25-21(28)11-20(27)23-12-17-13-24-26-22(17)16-4-6-19(29-3)7-5-16/h4-10,13H,11-12H2,1-3H3,(H,23,27)(H,24,26)(H,25,28). The zero-order valence-corrected chi connectivity index (χ0v) is 16.7. The van der Waals surface area contributed by atoms with Crippen LogP contribution in [0.15, 0.2) is 48.7 Å². The van der Waals surface area contributed by atoms with Crippen LogP contribution in [0.4, 0.5) is 5.69 Å². The molecule has 3 aromatic rings. The lowest BCUT2D eigenvalue weighted by atomic mass is 10.1. The fourth-order valence-corrected chi connectivity index (χ4v) is 3.11. The third-order valence-corrected chi connectivity index (χ3v) is 4.40. The minimum atomic E-state index is -0.353. The van der Waals surface area contributed by atoms with Crippen LogP contribution in [-0.2, 0) is 16.1 Å². The first-order valence-corrected chi connectivity index (χ1v) is 9.26. The molecular weight excluding hydrogens is 368 g/mol. The first-order valence-electron chi connectivity index (χ1n) is 9.26. The summed E-state index contributed by atoms with van der Waals surface area (Å²) in [7, 11) is 1.61. The van der Waals surface area contributed by atoms with Crippen molar-refractivity contribution in [2.75, 3.05) is 12.4 Å². The Morgan fingerprint density at radius 2 is 1.72 bits per heavy atom. The second kappa shape index (κ2) is 9.05. The first-order chi connectivity index (χ1) is 13.9. The van der Waals surface area contributed by atoms with Gasteiger partial charge in [-0.1, -0.05) is 6.07 Å². The number of carbonyl (C=O) groups is 2. The fourth-order valence-electron chi connectivity index (χ4n) is 3.11. The van der Waals surface area contributed by atoms with E-state index in [1.807, 2.05) is 56.3 Å². The van der Waals surface area contributed by atoms with Gasteiger partial charge in [0.2, 0.25) is 11.8 Å². The van der Waals surface area contributed by atoms with Crippen LogP contribution in [0.3, 0.4) is 0 Å². The normalized spacial score (nSPS) is 10.4. The molecule has 0 fully saturated rings. The number of amides is 2. The van der Waals surface area contributed by atoms with Crippen LogP contribution in [0.1, 0.15) is 23.1 Å². The van der Waals surface area contributed by atoms with E-state index in [1.165, 1.54) is 0 Å². The van der Waals surface area contributed by atoms with Gasteiger partial charge in [0.25, 0.3) is 0 Å². The van der Waals surface area contributed by atoms with Gasteiger partial charge in [-0.25, -0.2) is 0 Å². The summed E-state index contributed by atoms with van der Waals surface area (Å²) in [5, 5.41) is 12.5. The lowest BCUT2D eigenvalue weighted by Gasteiger charge is -2.09. The van der Waals surface area contributed by atoms with E-state index in [-0.39, 0.29) is 24.8 Å². The molecule has 0 spiro atoms. The smallest absolute Gasteiger partial charge is 0.233 e. The summed E-state index contributed by atoms with van der Waals surface area (Å²) >= 11 is 0. The number of H-pyrrole nitrogens is 1. The Bertz CT molecular complexity index is 989. The lowest BCUT2D eigenvalue weighted by molar-refractivity contribution is -0.126. The summed E-state index contributed by atoms with van der Waals surface area (Å²) in [6.45, 7) is 4.19. The maximum atomic E-state index is 12.2. The van der Waals surface area contributed by atoms with Crippen molar-refractivity contribution in [3.05, 3.63) is 65.4 Å². The third-order valence-electron chi connectivity index (χ3n) is 4.40. The van der Waals surface area contributed by atoms with Gasteiger partial charge in [-0.05, 0) is 61.4 Å². The number of aryl methyl sites for hydroxylation is 2. The Balaban J connectivity index is 1.55. The van der Waals surface area contributed by atoms with E-state index in [0.717, 1.165) is 33.7 Å². The number of aromatic amines is 1. The maximum absolute atomic E-state index is 12.2. The molecule has 3 N–H and O–H groups in total. The van der Waals surface area contributed by atoms with E-state index in [4.69, 9.17) is 4.74 Å². The van der Waals surface area contributed by atoms with Crippen molar-refractivity contribution in [2.45, 2.75) is 26.8 Å². The van der Waals surface area contributed by atoms with Crippen molar-refractivity contribution in [3.8, 4) is 17.0 Å². The number of ether oxygens (including phenoxy) is 1. The lowest BCUT2D eigenvalue weighted by Crippen LogP contribution is -2.27. The molecule has 0 aliphatic heterocycles. The number of carbonyl (C=O) groups excluding carboxylic acids is 2. The van der Waals surface area contributed by atoms with E-state index >= 15 is 0 Å². The molecule has 3 rings (SSSR count). The highest BCUT2D eigenvalue weighted by Gasteiger charge is 2.13. The molecule has 29 heavy (non-hydrogen) atoms. The predicted octanol–water partition coefficient (Wildman–Crippen LogP) is 3.35. The summed E-state index contributed by atoms with van der Waals surface area (Å²) in [4.78, 5) is 24.3. The number of benzene rings is 2. The predicted molar refractivity (Wildman–Crippen MR) is 112 cm³/mol. The summed E-state index contributed by atoms with van der Waals surface area (Å²) in [6.07, 6.45) is 1.41. The average molecular weight is 392 g/mol. The second-order valence-electron chi connectivity index (χ2n) is 6.88. The molecule has 0 bridgehead atoms. The van der Waals surface area contributed by atoms with Gasteiger partial charge in [-0.2, -0.15) is 5.10 Å². The van der Waals surface area contributed by atoms with Crippen LogP contribution >= 0.6 is 0 Å². The Labute approximate surface area is 169 Å². The van der Waals surface area contributed by atoms with Crippen LogP contribution in [-0.4, -0.2) is 29.1 Å². The zero-order chi connectivity index (χ0) is 20.8. The van der Waals surface area contributed by atoms with Crippen molar-refractivity contribution in [1.29, 1.82) is 0 Å². The molecule has 0 aliphatic carbocycles. The first kappa shape index (κ1) is 20.1. The monoisotopic (exact) mass is 392 g/mol. The molecule has 2 aromatic carbocycles. The van der Waals surface area contributed by atoms with Gasteiger partial charge in [-0.3, -0.25) is 14.7 Å². The van der Waals surface area contributed by atoms with Gasteiger partial charge >= 0.3 is 0 Å². The molecule has 150 valence electrons. The van der Waals surface area contributed by atoms with Crippen molar-refractivity contribution in [3.63, 3.8) is 0 Å². The fraction of sp³-hybridized carbons (Fsp3) is 0.227. The van der Waals surface area contributed by atoms with Crippen LogP contribution in [0, 0.1) is 13.8 Å².